The van der Waals surface area contributed by atoms with Gasteiger partial charge in [0.1, 0.15) is 11.4 Å². The monoisotopic (exact) mass is 349 g/mol. The van der Waals surface area contributed by atoms with Crippen molar-refractivity contribution in [2.24, 2.45) is 0 Å². The van der Waals surface area contributed by atoms with Crippen molar-refractivity contribution < 1.29 is 19.1 Å². The maximum atomic E-state index is 12.1. The lowest BCUT2D eigenvalue weighted by Gasteiger charge is -2.12. The molecule has 0 radical (unpaired) electrons. The number of hydrogen-bond acceptors (Lipinski definition) is 5. The van der Waals surface area contributed by atoms with Crippen molar-refractivity contribution in [3.05, 3.63) is 29.6 Å². The number of carbonyl (C=O) groups is 2. The second kappa shape index (κ2) is 12.5. The summed E-state index contributed by atoms with van der Waals surface area (Å²) in [6.07, 6.45) is 8.35. The summed E-state index contributed by atoms with van der Waals surface area (Å²) < 4.78 is 10.5. The van der Waals surface area contributed by atoms with Crippen molar-refractivity contribution in [2.45, 2.75) is 78.2 Å². The molecule has 25 heavy (non-hydrogen) atoms. The average Bonchev–Trinajstić information content (AvgIpc) is 2.61. The van der Waals surface area contributed by atoms with E-state index in [9.17, 15) is 9.59 Å². The highest BCUT2D eigenvalue weighted by Gasteiger charge is 2.16. The highest BCUT2D eigenvalue weighted by Crippen LogP contribution is 2.09. The Labute approximate surface area is 151 Å². The van der Waals surface area contributed by atoms with Gasteiger partial charge in [0.05, 0.1) is 12.7 Å². The molecule has 0 aliphatic carbocycles. The van der Waals surface area contributed by atoms with Crippen LogP contribution in [-0.4, -0.2) is 29.6 Å². The summed E-state index contributed by atoms with van der Waals surface area (Å²) in [5, 5.41) is 0. The highest BCUT2D eigenvalue weighted by molar-refractivity contribution is 5.91. The van der Waals surface area contributed by atoms with Gasteiger partial charge in [0.25, 0.3) is 0 Å². The maximum absolute atomic E-state index is 12.1. The summed E-state index contributed by atoms with van der Waals surface area (Å²) in [6.45, 7) is 6.45. The molecule has 5 heteroatoms. The van der Waals surface area contributed by atoms with Gasteiger partial charge in [-0.2, -0.15) is 0 Å². The third-order valence-corrected chi connectivity index (χ3v) is 3.90. The van der Waals surface area contributed by atoms with Crippen LogP contribution in [0.1, 0.15) is 93.1 Å². The third-order valence-electron chi connectivity index (χ3n) is 3.90. The van der Waals surface area contributed by atoms with Crippen LogP contribution in [-0.2, 0) is 9.47 Å². The van der Waals surface area contributed by atoms with Gasteiger partial charge in [-0.25, -0.2) is 14.6 Å². The molecular weight excluding hydrogens is 318 g/mol. The number of ether oxygens (including phenoxy) is 2. The largest absolute Gasteiger partial charge is 0.461 e. The van der Waals surface area contributed by atoms with Gasteiger partial charge < -0.3 is 9.47 Å². The van der Waals surface area contributed by atoms with Gasteiger partial charge in [-0.05, 0) is 31.9 Å². The first-order valence-electron chi connectivity index (χ1n) is 9.43. The van der Waals surface area contributed by atoms with Crippen LogP contribution < -0.4 is 0 Å². The number of esters is 2. The smallest absolute Gasteiger partial charge is 0.357 e. The molecule has 0 fully saturated rings. The molecule has 1 rings (SSSR count). The molecule has 1 atom stereocenters. The van der Waals surface area contributed by atoms with Gasteiger partial charge in [-0.1, -0.05) is 58.4 Å². The van der Waals surface area contributed by atoms with Crippen LogP contribution in [0.3, 0.4) is 0 Å². The molecule has 1 heterocycles. The Morgan fingerprint density at radius 3 is 2.28 bits per heavy atom. The second-order valence-electron chi connectivity index (χ2n) is 6.32. The topological polar surface area (TPSA) is 65.5 Å². The molecule has 5 nitrogen and oxygen atoms in total. The lowest BCUT2D eigenvalue weighted by molar-refractivity contribution is 0.0316. The fourth-order valence-corrected chi connectivity index (χ4v) is 2.49. The summed E-state index contributed by atoms with van der Waals surface area (Å²) >= 11 is 0. The Kier molecular flexibility index (Phi) is 10.5. The second-order valence-corrected chi connectivity index (χ2v) is 6.32. The first kappa shape index (κ1) is 21.1. The van der Waals surface area contributed by atoms with Crippen LogP contribution in [0, 0.1) is 0 Å². The third kappa shape index (κ3) is 8.66. The van der Waals surface area contributed by atoms with E-state index >= 15 is 0 Å². The Hall–Kier alpha value is -1.91. The molecule has 0 bridgehead atoms. The number of rotatable bonds is 12. The van der Waals surface area contributed by atoms with E-state index in [0.717, 1.165) is 25.7 Å². The van der Waals surface area contributed by atoms with Gasteiger partial charge >= 0.3 is 11.9 Å². The molecular formula is C20H31NO4. The van der Waals surface area contributed by atoms with Crippen molar-refractivity contribution in [1.29, 1.82) is 0 Å². The minimum Gasteiger partial charge on any atom is -0.461 e. The van der Waals surface area contributed by atoms with Crippen molar-refractivity contribution in [1.82, 2.24) is 4.98 Å². The van der Waals surface area contributed by atoms with Crippen molar-refractivity contribution in [3.63, 3.8) is 0 Å². The van der Waals surface area contributed by atoms with E-state index in [1.54, 1.807) is 18.2 Å². The number of unbranched alkanes of at least 4 members (excludes halogenated alkanes) is 5. The summed E-state index contributed by atoms with van der Waals surface area (Å²) in [4.78, 5) is 28.2. The minimum absolute atomic E-state index is 0.136. The molecule has 0 aromatic carbocycles. The van der Waals surface area contributed by atoms with Crippen molar-refractivity contribution in [2.75, 3.05) is 6.61 Å². The standard InChI is InChI=1S/C20H31NO4/c1-4-6-7-8-9-10-15-24-19(22)17-13-11-14-18(21-17)20(23)25-16(3)12-5-2/h11,13-14,16H,4-10,12,15H2,1-3H3. The molecule has 1 aromatic heterocycles. The summed E-state index contributed by atoms with van der Waals surface area (Å²) in [7, 11) is 0. The summed E-state index contributed by atoms with van der Waals surface area (Å²) in [5.41, 5.74) is 0.278. The van der Waals surface area contributed by atoms with Crippen LogP contribution >= 0.6 is 0 Å². The zero-order valence-electron chi connectivity index (χ0n) is 15.8. The number of hydrogen-bond donors (Lipinski definition) is 0. The van der Waals surface area contributed by atoms with Crippen LogP contribution in [0.4, 0.5) is 0 Å². The molecule has 0 aliphatic heterocycles. The summed E-state index contributed by atoms with van der Waals surface area (Å²) in [6, 6.07) is 4.72. The van der Waals surface area contributed by atoms with Crippen LogP contribution in [0.5, 0.6) is 0 Å². The Morgan fingerprint density at radius 1 is 0.960 bits per heavy atom. The first-order valence-corrected chi connectivity index (χ1v) is 9.43. The van der Waals surface area contributed by atoms with Crippen LogP contribution in [0.2, 0.25) is 0 Å². The minimum atomic E-state index is -0.508. The lowest BCUT2D eigenvalue weighted by atomic mass is 10.1. The van der Waals surface area contributed by atoms with E-state index in [1.807, 2.05) is 13.8 Å². The number of aromatic nitrogens is 1. The van der Waals surface area contributed by atoms with Crippen molar-refractivity contribution in [3.8, 4) is 0 Å². The fraction of sp³-hybridized carbons (Fsp3) is 0.650. The molecule has 0 N–H and O–H groups in total. The Bertz CT molecular complexity index is 530. The number of carbonyl (C=O) groups excluding carboxylic acids is 2. The van der Waals surface area contributed by atoms with E-state index in [2.05, 4.69) is 11.9 Å². The zero-order valence-corrected chi connectivity index (χ0v) is 15.8. The molecule has 0 amide bonds. The average molecular weight is 349 g/mol. The highest BCUT2D eigenvalue weighted by atomic mass is 16.5. The molecule has 1 aromatic rings. The van der Waals surface area contributed by atoms with Gasteiger partial charge in [0.15, 0.2) is 0 Å². The normalized spacial score (nSPS) is 11.8. The fourth-order valence-electron chi connectivity index (χ4n) is 2.49. The zero-order chi connectivity index (χ0) is 18.5. The van der Waals surface area contributed by atoms with Gasteiger partial charge in [-0.3, -0.25) is 0 Å². The van der Waals surface area contributed by atoms with Crippen LogP contribution in [0.25, 0.3) is 0 Å². The van der Waals surface area contributed by atoms with E-state index in [1.165, 1.54) is 25.7 Å². The van der Waals surface area contributed by atoms with Crippen LogP contribution in [0.15, 0.2) is 18.2 Å². The van der Waals surface area contributed by atoms with Crippen molar-refractivity contribution >= 4 is 11.9 Å². The number of nitrogens with zero attached hydrogens (tertiary/aromatic N) is 1. The Morgan fingerprint density at radius 2 is 1.60 bits per heavy atom. The van der Waals surface area contributed by atoms with E-state index < -0.39 is 11.9 Å². The molecule has 140 valence electrons. The number of pyridine rings is 1. The molecule has 0 aliphatic rings. The molecule has 0 saturated heterocycles. The SMILES string of the molecule is CCCCCCCCOC(=O)c1cccc(C(=O)OC(C)CCC)n1. The quantitative estimate of drug-likeness (QED) is 0.395. The van der Waals surface area contributed by atoms with Gasteiger partial charge in [-0.15, -0.1) is 0 Å². The lowest BCUT2D eigenvalue weighted by Crippen LogP contribution is -2.17. The first-order chi connectivity index (χ1) is 12.1. The molecule has 0 saturated carbocycles. The van der Waals surface area contributed by atoms with Gasteiger partial charge in [0, 0.05) is 0 Å². The van der Waals surface area contributed by atoms with E-state index in [0.29, 0.717) is 6.61 Å². The predicted molar refractivity (Wildman–Crippen MR) is 97.7 cm³/mol. The van der Waals surface area contributed by atoms with E-state index in [-0.39, 0.29) is 17.5 Å². The van der Waals surface area contributed by atoms with Gasteiger partial charge in [0.2, 0.25) is 0 Å². The molecule has 1 unspecified atom stereocenters. The molecule has 0 spiro atoms. The predicted octanol–water partition coefficient (Wildman–Crippen LogP) is 4.94. The Balaban J connectivity index is 2.42. The maximum Gasteiger partial charge on any atom is 0.357 e. The summed E-state index contributed by atoms with van der Waals surface area (Å²) in [5.74, 6) is -1.00. The van der Waals surface area contributed by atoms with E-state index in [4.69, 9.17) is 9.47 Å².